The number of rotatable bonds is 4. The van der Waals surface area contributed by atoms with E-state index in [2.05, 4.69) is 31.4 Å². The summed E-state index contributed by atoms with van der Waals surface area (Å²) in [5, 5.41) is 16.9. The second-order valence-electron chi connectivity index (χ2n) is 4.12. The number of thioether (sulfide) groups is 1. The van der Waals surface area contributed by atoms with E-state index in [-0.39, 0.29) is 0 Å². The van der Waals surface area contributed by atoms with Crippen LogP contribution in [0.1, 0.15) is 5.56 Å². The van der Waals surface area contributed by atoms with E-state index in [4.69, 9.17) is 0 Å². The van der Waals surface area contributed by atoms with E-state index in [1.54, 1.807) is 11.8 Å². The largest absolute Gasteiger partial charge is 0.378 e. The van der Waals surface area contributed by atoms with E-state index in [0.29, 0.717) is 5.13 Å². The van der Waals surface area contributed by atoms with Crippen LogP contribution in [-0.2, 0) is 0 Å². The second kappa shape index (κ2) is 6.12. The lowest BCUT2D eigenvalue weighted by atomic mass is 10.2. The molecule has 0 fully saturated rings. The monoisotopic (exact) mass is 293 g/mol. The highest BCUT2D eigenvalue weighted by Gasteiger charge is 2.03. The number of hydrogen-bond acceptors (Lipinski definition) is 7. The lowest BCUT2D eigenvalue weighted by molar-refractivity contribution is 0.995. The van der Waals surface area contributed by atoms with Gasteiger partial charge in [-0.15, -0.1) is 20.4 Å². The molecule has 1 heterocycles. The molecule has 0 atom stereocenters. The van der Waals surface area contributed by atoms with Gasteiger partial charge in [0.1, 0.15) is 0 Å². The number of aryl methyl sites for hydroxylation is 1. The summed E-state index contributed by atoms with van der Waals surface area (Å²) in [6.07, 6.45) is 1.96. The van der Waals surface area contributed by atoms with Crippen molar-refractivity contribution in [2.24, 2.45) is 10.2 Å². The van der Waals surface area contributed by atoms with Crippen molar-refractivity contribution < 1.29 is 0 Å². The number of aromatic nitrogens is 2. The summed E-state index contributed by atoms with van der Waals surface area (Å²) in [5.74, 6) is 0. The Labute approximate surface area is 120 Å². The summed E-state index contributed by atoms with van der Waals surface area (Å²) in [6, 6.07) is 6.07. The molecule has 5 nitrogen and oxygen atoms in total. The SMILES string of the molecule is CSc1nnc(N=Nc2ccc(N(C)C)cc2C)s1. The van der Waals surface area contributed by atoms with Crippen molar-refractivity contribution in [2.45, 2.75) is 11.3 Å². The van der Waals surface area contributed by atoms with Gasteiger partial charge in [0.15, 0.2) is 4.34 Å². The standard InChI is InChI=1S/C12H15N5S2/c1-8-7-9(17(2)3)5-6-10(8)13-14-11-15-16-12(18-4)19-11/h5-7H,1-4H3. The minimum atomic E-state index is 0.584. The molecule has 0 aliphatic carbocycles. The number of hydrogen-bond donors (Lipinski definition) is 0. The van der Waals surface area contributed by atoms with Gasteiger partial charge in [-0.1, -0.05) is 23.1 Å². The molecule has 19 heavy (non-hydrogen) atoms. The first-order valence-electron chi connectivity index (χ1n) is 5.67. The first-order chi connectivity index (χ1) is 9.10. The third kappa shape index (κ3) is 3.51. The maximum absolute atomic E-state index is 4.23. The van der Waals surface area contributed by atoms with Crippen LogP contribution in [0.15, 0.2) is 32.8 Å². The van der Waals surface area contributed by atoms with Crippen molar-refractivity contribution in [2.75, 3.05) is 25.3 Å². The van der Waals surface area contributed by atoms with Gasteiger partial charge in [0.25, 0.3) is 5.13 Å². The molecule has 2 aromatic rings. The summed E-state index contributed by atoms with van der Waals surface area (Å²) >= 11 is 3.00. The molecule has 2 rings (SSSR count). The minimum absolute atomic E-state index is 0.584. The van der Waals surface area contributed by atoms with Gasteiger partial charge in [0.05, 0.1) is 5.69 Å². The van der Waals surface area contributed by atoms with Crippen LogP contribution in [0.5, 0.6) is 0 Å². The molecule has 0 saturated carbocycles. The maximum atomic E-state index is 4.23. The molecular weight excluding hydrogens is 278 g/mol. The predicted octanol–water partition coefficient (Wildman–Crippen LogP) is 4.05. The first kappa shape index (κ1) is 14.0. The van der Waals surface area contributed by atoms with Crippen molar-refractivity contribution in [1.29, 1.82) is 0 Å². The molecule has 0 N–H and O–H groups in total. The van der Waals surface area contributed by atoms with E-state index < -0.39 is 0 Å². The first-order valence-corrected chi connectivity index (χ1v) is 7.71. The zero-order valence-electron chi connectivity index (χ0n) is 11.3. The van der Waals surface area contributed by atoms with Crippen LogP contribution in [0.25, 0.3) is 0 Å². The summed E-state index contributed by atoms with van der Waals surface area (Å²) in [7, 11) is 4.03. The van der Waals surface area contributed by atoms with Gasteiger partial charge < -0.3 is 4.90 Å². The third-order valence-corrected chi connectivity index (χ3v) is 4.29. The molecule has 0 aliphatic rings. The van der Waals surface area contributed by atoms with Gasteiger partial charge in [-0.05, 0) is 36.9 Å². The summed E-state index contributed by atoms with van der Waals surface area (Å²) < 4.78 is 0.897. The second-order valence-corrected chi connectivity index (χ2v) is 6.13. The molecule has 1 aromatic heterocycles. The van der Waals surface area contributed by atoms with Crippen LogP contribution >= 0.6 is 23.1 Å². The number of nitrogens with zero attached hydrogens (tertiary/aromatic N) is 5. The average Bonchev–Trinajstić information content (AvgIpc) is 2.85. The predicted molar refractivity (Wildman–Crippen MR) is 81.4 cm³/mol. The van der Waals surface area contributed by atoms with E-state index in [9.17, 15) is 0 Å². The lowest BCUT2D eigenvalue weighted by Gasteiger charge is -2.13. The molecule has 1 aromatic carbocycles. The van der Waals surface area contributed by atoms with Crippen molar-refractivity contribution in [3.8, 4) is 0 Å². The zero-order chi connectivity index (χ0) is 13.8. The van der Waals surface area contributed by atoms with Gasteiger partial charge in [-0.2, -0.15) is 0 Å². The van der Waals surface area contributed by atoms with Crippen LogP contribution < -0.4 is 4.90 Å². The van der Waals surface area contributed by atoms with Crippen molar-refractivity contribution in [3.05, 3.63) is 23.8 Å². The van der Waals surface area contributed by atoms with Crippen LogP contribution in [-0.4, -0.2) is 30.5 Å². The Morgan fingerprint density at radius 3 is 2.58 bits per heavy atom. The van der Waals surface area contributed by atoms with Gasteiger partial charge in [0, 0.05) is 19.8 Å². The fourth-order valence-corrected chi connectivity index (χ4v) is 2.53. The third-order valence-electron chi connectivity index (χ3n) is 2.51. The summed E-state index contributed by atoms with van der Waals surface area (Å²) in [6.45, 7) is 2.02. The number of anilines is 1. The Kier molecular flexibility index (Phi) is 4.49. The summed E-state index contributed by atoms with van der Waals surface area (Å²) in [4.78, 5) is 2.06. The number of benzene rings is 1. The fourth-order valence-electron chi connectivity index (χ4n) is 1.45. The van der Waals surface area contributed by atoms with Crippen LogP contribution in [0, 0.1) is 6.92 Å². The van der Waals surface area contributed by atoms with E-state index >= 15 is 0 Å². The van der Waals surface area contributed by atoms with Crippen LogP contribution in [0.3, 0.4) is 0 Å². The van der Waals surface area contributed by atoms with E-state index in [0.717, 1.165) is 21.3 Å². The van der Waals surface area contributed by atoms with Gasteiger partial charge in [0.2, 0.25) is 0 Å². The highest BCUT2D eigenvalue weighted by molar-refractivity contribution is 8.00. The molecule has 0 aliphatic heterocycles. The Bertz CT molecular complexity index is 592. The minimum Gasteiger partial charge on any atom is -0.378 e. The summed E-state index contributed by atoms with van der Waals surface area (Å²) in [5.41, 5.74) is 3.09. The molecule has 0 radical (unpaired) electrons. The topological polar surface area (TPSA) is 53.7 Å². The molecule has 100 valence electrons. The Balaban J connectivity index is 2.18. The lowest BCUT2D eigenvalue weighted by Crippen LogP contribution is -2.08. The normalized spacial score (nSPS) is 11.2. The van der Waals surface area contributed by atoms with E-state index in [1.165, 1.54) is 11.3 Å². The highest BCUT2D eigenvalue weighted by Crippen LogP contribution is 2.29. The van der Waals surface area contributed by atoms with Crippen molar-refractivity contribution >= 4 is 39.6 Å². The Morgan fingerprint density at radius 1 is 1.21 bits per heavy atom. The van der Waals surface area contributed by atoms with E-state index in [1.807, 2.05) is 39.4 Å². The molecular formula is C12H15N5S2. The maximum Gasteiger partial charge on any atom is 0.252 e. The zero-order valence-corrected chi connectivity index (χ0v) is 12.9. The molecule has 0 amide bonds. The van der Waals surface area contributed by atoms with Crippen molar-refractivity contribution in [3.63, 3.8) is 0 Å². The highest BCUT2D eigenvalue weighted by atomic mass is 32.2. The van der Waals surface area contributed by atoms with Gasteiger partial charge in [-0.3, -0.25) is 0 Å². The molecule has 0 saturated heterocycles. The average molecular weight is 293 g/mol. The molecule has 7 heteroatoms. The molecule has 0 spiro atoms. The van der Waals surface area contributed by atoms with Crippen LogP contribution in [0.4, 0.5) is 16.5 Å². The molecule has 0 bridgehead atoms. The van der Waals surface area contributed by atoms with Crippen LogP contribution in [0.2, 0.25) is 0 Å². The Hall–Kier alpha value is -1.47. The smallest absolute Gasteiger partial charge is 0.252 e. The molecule has 0 unspecified atom stereocenters. The Morgan fingerprint density at radius 2 is 2.00 bits per heavy atom. The van der Waals surface area contributed by atoms with Gasteiger partial charge >= 0.3 is 0 Å². The fraction of sp³-hybridized carbons (Fsp3) is 0.333. The number of azo groups is 1. The van der Waals surface area contributed by atoms with Crippen molar-refractivity contribution in [1.82, 2.24) is 10.2 Å². The van der Waals surface area contributed by atoms with Gasteiger partial charge in [-0.25, -0.2) is 0 Å². The quantitative estimate of drug-likeness (QED) is 0.630.